The molecule has 32 heavy (non-hydrogen) atoms. The molecule has 1 aliphatic rings. The molecule has 0 atom stereocenters. The lowest BCUT2D eigenvalue weighted by molar-refractivity contribution is 0.0693. The van der Waals surface area contributed by atoms with Crippen molar-refractivity contribution in [3.05, 3.63) is 41.4 Å². The minimum Gasteiger partial charge on any atom is -0.390 e. The molecule has 3 N–H and O–H groups in total. The molecule has 0 fully saturated rings. The van der Waals surface area contributed by atoms with Crippen molar-refractivity contribution < 1.29 is 9.63 Å². The SMILES string of the molecule is CC(C)Nc1cc(-n2ncc3c2NCC(C#N)=C3)ncc1-c1cc(CCC(C)(C)O)on1. The van der Waals surface area contributed by atoms with E-state index in [0.717, 1.165) is 22.6 Å². The summed E-state index contributed by atoms with van der Waals surface area (Å²) >= 11 is 0. The molecule has 166 valence electrons. The van der Waals surface area contributed by atoms with Gasteiger partial charge < -0.3 is 20.3 Å². The van der Waals surface area contributed by atoms with Crippen LogP contribution in [-0.4, -0.2) is 43.2 Å². The first-order chi connectivity index (χ1) is 15.2. The Labute approximate surface area is 186 Å². The van der Waals surface area contributed by atoms with Gasteiger partial charge in [0.05, 0.1) is 24.4 Å². The zero-order valence-electron chi connectivity index (χ0n) is 18.7. The van der Waals surface area contributed by atoms with Crippen LogP contribution < -0.4 is 10.6 Å². The highest BCUT2D eigenvalue weighted by Gasteiger charge is 2.20. The number of nitrogens with zero attached hydrogens (tertiary/aromatic N) is 5. The molecule has 0 unspecified atom stereocenters. The minimum absolute atomic E-state index is 0.191. The van der Waals surface area contributed by atoms with E-state index >= 15 is 0 Å². The van der Waals surface area contributed by atoms with Crippen molar-refractivity contribution in [3.8, 4) is 23.1 Å². The lowest BCUT2D eigenvalue weighted by Crippen LogP contribution is -2.18. The van der Waals surface area contributed by atoms with Crippen molar-refractivity contribution >= 4 is 17.6 Å². The third-order valence-electron chi connectivity index (χ3n) is 5.09. The lowest BCUT2D eigenvalue weighted by atomic mass is 10.0. The Morgan fingerprint density at radius 3 is 2.88 bits per heavy atom. The van der Waals surface area contributed by atoms with Gasteiger partial charge in [-0.25, -0.2) is 4.98 Å². The second kappa shape index (κ2) is 8.48. The average molecular weight is 434 g/mol. The van der Waals surface area contributed by atoms with E-state index in [4.69, 9.17) is 9.78 Å². The van der Waals surface area contributed by atoms with E-state index in [9.17, 15) is 5.11 Å². The average Bonchev–Trinajstić information content (AvgIpc) is 3.38. The molecular formula is C23H27N7O2. The molecule has 0 saturated heterocycles. The minimum atomic E-state index is -0.763. The van der Waals surface area contributed by atoms with Crippen LogP contribution in [0.15, 0.2) is 34.6 Å². The van der Waals surface area contributed by atoms with Crippen molar-refractivity contribution in [2.45, 2.75) is 52.2 Å². The van der Waals surface area contributed by atoms with Gasteiger partial charge in [0.15, 0.2) is 5.82 Å². The number of rotatable bonds is 7. The quantitative estimate of drug-likeness (QED) is 0.514. The third kappa shape index (κ3) is 4.65. The number of hydrogen-bond donors (Lipinski definition) is 3. The molecule has 4 heterocycles. The van der Waals surface area contributed by atoms with Crippen LogP contribution in [-0.2, 0) is 6.42 Å². The van der Waals surface area contributed by atoms with Gasteiger partial charge in [0, 0.05) is 53.2 Å². The third-order valence-corrected chi connectivity index (χ3v) is 5.09. The fourth-order valence-electron chi connectivity index (χ4n) is 3.49. The van der Waals surface area contributed by atoms with E-state index in [0.29, 0.717) is 42.2 Å². The Morgan fingerprint density at radius 1 is 1.34 bits per heavy atom. The highest BCUT2D eigenvalue weighted by Crippen LogP contribution is 2.32. The van der Waals surface area contributed by atoms with Gasteiger partial charge >= 0.3 is 0 Å². The highest BCUT2D eigenvalue weighted by molar-refractivity contribution is 5.77. The number of hydrogen-bond acceptors (Lipinski definition) is 8. The van der Waals surface area contributed by atoms with Crippen LogP contribution >= 0.6 is 0 Å². The summed E-state index contributed by atoms with van der Waals surface area (Å²) in [5.74, 6) is 2.16. The zero-order valence-corrected chi connectivity index (χ0v) is 18.7. The van der Waals surface area contributed by atoms with Crippen molar-refractivity contribution in [1.82, 2.24) is 19.9 Å². The first-order valence-corrected chi connectivity index (χ1v) is 10.6. The van der Waals surface area contributed by atoms with Gasteiger partial charge in [0.25, 0.3) is 0 Å². The molecule has 3 aromatic heterocycles. The molecular weight excluding hydrogens is 406 g/mol. The number of nitrogens with one attached hydrogen (secondary N) is 2. The van der Waals surface area contributed by atoms with Crippen LogP contribution in [0.2, 0.25) is 0 Å². The number of aromatic nitrogens is 4. The summed E-state index contributed by atoms with van der Waals surface area (Å²) in [6, 6.07) is 6.18. The molecule has 0 bridgehead atoms. The van der Waals surface area contributed by atoms with Crippen LogP contribution in [0, 0.1) is 11.3 Å². The lowest BCUT2D eigenvalue weighted by Gasteiger charge is -2.17. The van der Waals surface area contributed by atoms with Gasteiger partial charge in [-0.15, -0.1) is 0 Å². The molecule has 9 heteroatoms. The van der Waals surface area contributed by atoms with Crippen molar-refractivity contribution in [1.29, 1.82) is 5.26 Å². The molecule has 0 spiro atoms. The Kier molecular flexibility index (Phi) is 5.72. The highest BCUT2D eigenvalue weighted by atomic mass is 16.5. The second-order valence-corrected chi connectivity index (χ2v) is 8.87. The Balaban J connectivity index is 1.67. The molecule has 3 aromatic rings. The predicted octanol–water partition coefficient (Wildman–Crippen LogP) is 3.78. The number of aliphatic hydroxyl groups is 1. The normalized spacial score (nSPS) is 13.3. The fourth-order valence-corrected chi connectivity index (χ4v) is 3.49. The molecule has 0 radical (unpaired) electrons. The summed E-state index contributed by atoms with van der Waals surface area (Å²) in [6.07, 6.45) is 6.48. The smallest absolute Gasteiger partial charge is 0.157 e. The van der Waals surface area contributed by atoms with E-state index in [1.807, 2.05) is 18.2 Å². The van der Waals surface area contributed by atoms with E-state index in [-0.39, 0.29) is 6.04 Å². The fraction of sp³-hybridized carbons (Fsp3) is 0.391. The maximum Gasteiger partial charge on any atom is 0.157 e. The summed E-state index contributed by atoms with van der Waals surface area (Å²) in [4.78, 5) is 4.62. The monoisotopic (exact) mass is 433 g/mol. The van der Waals surface area contributed by atoms with Gasteiger partial charge in [0.1, 0.15) is 17.3 Å². The second-order valence-electron chi connectivity index (χ2n) is 8.87. The maximum atomic E-state index is 9.97. The number of anilines is 2. The number of aryl methyl sites for hydroxylation is 1. The summed E-state index contributed by atoms with van der Waals surface area (Å²) in [5, 5.41) is 34.5. The molecule has 0 aromatic carbocycles. The van der Waals surface area contributed by atoms with E-state index in [1.165, 1.54) is 0 Å². The summed E-state index contributed by atoms with van der Waals surface area (Å²) in [7, 11) is 0. The first kappa shape index (κ1) is 21.6. The number of fused-ring (bicyclic) bond motifs is 1. The van der Waals surface area contributed by atoms with E-state index < -0.39 is 5.60 Å². The van der Waals surface area contributed by atoms with E-state index in [1.54, 1.807) is 30.9 Å². The van der Waals surface area contributed by atoms with Gasteiger partial charge in [0.2, 0.25) is 0 Å². The standard InChI is InChI=1S/C23H27N7O2/c1-14(2)28-19-9-21(30-22-16(12-27-30)7-15(10-24)11-26-22)25-13-18(19)20-8-17(32-29-20)5-6-23(3,4)31/h7-9,12-14,26,31H,5-6,11H2,1-4H3,(H,25,28). The van der Waals surface area contributed by atoms with Gasteiger partial charge in [-0.1, -0.05) is 5.16 Å². The van der Waals surface area contributed by atoms with Gasteiger partial charge in [-0.05, 0) is 40.2 Å². The molecule has 1 aliphatic heterocycles. The molecule has 9 nitrogen and oxygen atoms in total. The van der Waals surface area contributed by atoms with Gasteiger partial charge in [-0.2, -0.15) is 15.0 Å². The summed E-state index contributed by atoms with van der Waals surface area (Å²) in [5.41, 5.74) is 3.11. The molecule has 0 saturated carbocycles. The first-order valence-electron chi connectivity index (χ1n) is 10.6. The Bertz CT molecular complexity index is 1190. The van der Waals surface area contributed by atoms with Crippen LogP contribution in [0.5, 0.6) is 0 Å². The largest absolute Gasteiger partial charge is 0.390 e. The number of nitriles is 1. The van der Waals surface area contributed by atoms with Gasteiger partial charge in [-0.3, -0.25) is 0 Å². The molecule has 0 aliphatic carbocycles. The predicted molar refractivity (Wildman–Crippen MR) is 122 cm³/mol. The number of pyridine rings is 1. The van der Waals surface area contributed by atoms with Crippen LogP contribution in [0.3, 0.4) is 0 Å². The maximum absolute atomic E-state index is 9.97. The Hall–Kier alpha value is -3.64. The molecule has 4 rings (SSSR count). The molecule has 0 amide bonds. The van der Waals surface area contributed by atoms with Crippen molar-refractivity contribution in [3.63, 3.8) is 0 Å². The Morgan fingerprint density at radius 2 is 2.16 bits per heavy atom. The van der Waals surface area contributed by atoms with Crippen LogP contribution in [0.4, 0.5) is 11.5 Å². The topological polar surface area (TPSA) is 125 Å². The van der Waals surface area contributed by atoms with Crippen molar-refractivity contribution in [2.24, 2.45) is 0 Å². The summed E-state index contributed by atoms with van der Waals surface area (Å²) < 4.78 is 7.22. The van der Waals surface area contributed by atoms with Crippen LogP contribution in [0.25, 0.3) is 23.2 Å². The summed E-state index contributed by atoms with van der Waals surface area (Å²) in [6.45, 7) is 8.13. The van der Waals surface area contributed by atoms with Crippen LogP contribution in [0.1, 0.15) is 45.4 Å². The van der Waals surface area contributed by atoms with E-state index in [2.05, 4.69) is 45.8 Å². The zero-order chi connectivity index (χ0) is 22.9. The van der Waals surface area contributed by atoms with Crippen molar-refractivity contribution in [2.75, 3.05) is 17.2 Å².